The lowest BCUT2D eigenvalue weighted by molar-refractivity contribution is -0.134. The molecule has 0 N–H and O–H groups in total. The van der Waals surface area contributed by atoms with Crippen LogP contribution in [0.25, 0.3) is 10.7 Å². The van der Waals surface area contributed by atoms with Crippen molar-refractivity contribution < 1.29 is 9.53 Å². The molecule has 2 aromatic rings. The van der Waals surface area contributed by atoms with Crippen molar-refractivity contribution in [1.82, 2.24) is 19.7 Å². The van der Waals surface area contributed by atoms with Crippen LogP contribution < -0.4 is 0 Å². The first-order valence-electron chi connectivity index (χ1n) is 10.7. The highest BCUT2D eigenvalue weighted by Crippen LogP contribution is 2.32. The number of ether oxygens (including phenoxy) is 1. The first-order chi connectivity index (χ1) is 14.2. The Kier molecular flexibility index (Phi) is 6.92. The molecule has 2 aliphatic rings. The van der Waals surface area contributed by atoms with Crippen molar-refractivity contribution >= 4 is 29.0 Å². The Morgan fingerprint density at radius 3 is 2.97 bits per heavy atom. The fourth-order valence-corrected chi connectivity index (χ4v) is 5.92. The SMILES string of the molecule is CCC1CCCCN1C(=O)C(C)Sc1nnc(-c2cccs2)n1CC1CCCO1. The van der Waals surface area contributed by atoms with Crippen molar-refractivity contribution in [3.63, 3.8) is 0 Å². The molecule has 2 fully saturated rings. The summed E-state index contributed by atoms with van der Waals surface area (Å²) in [4.78, 5) is 16.4. The minimum Gasteiger partial charge on any atom is -0.376 e. The number of amides is 1. The van der Waals surface area contributed by atoms with Gasteiger partial charge in [0.1, 0.15) is 0 Å². The molecule has 0 spiro atoms. The van der Waals surface area contributed by atoms with E-state index in [9.17, 15) is 4.79 Å². The summed E-state index contributed by atoms with van der Waals surface area (Å²) in [6.07, 6.45) is 6.85. The minimum atomic E-state index is -0.175. The molecule has 29 heavy (non-hydrogen) atoms. The van der Waals surface area contributed by atoms with Crippen LogP contribution in [0.15, 0.2) is 22.7 Å². The summed E-state index contributed by atoms with van der Waals surface area (Å²) in [6, 6.07) is 4.49. The van der Waals surface area contributed by atoms with Crippen LogP contribution in [0.2, 0.25) is 0 Å². The number of rotatable bonds is 7. The second-order valence-electron chi connectivity index (χ2n) is 7.88. The first-order valence-corrected chi connectivity index (χ1v) is 12.5. The molecule has 0 aliphatic carbocycles. The molecule has 6 nitrogen and oxygen atoms in total. The molecule has 0 saturated carbocycles. The molecule has 8 heteroatoms. The number of thioether (sulfide) groups is 1. The molecular formula is C21H30N4O2S2. The van der Waals surface area contributed by atoms with E-state index >= 15 is 0 Å². The maximum Gasteiger partial charge on any atom is 0.236 e. The van der Waals surface area contributed by atoms with Crippen molar-refractivity contribution in [2.45, 2.75) is 81.5 Å². The average molecular weight is 435 g/mol. The van der Waals surface area contributed by atoms with Gasteiger partial charge < -0.3 is 9.64 Å². The number of carbonyl (C=O) groups is 1. The topological polar surface area (TPSA) is 60.2 Å². The zero-order valence-electron chi connectivity index (χ0n) is 17.2. The van der Waals surface area contributed by atoms with Crippen LogP contribution >= 0.6 is 23.1 Å². The van der Waals surface area contributed by atoms with Gasteiger partial charge in [-0.05, 0) is 56.9 Å². The molecule has 2 aliphatic heterocycles. The Hall–Kier alpha value is -1.38. The Labute approximate surface area is 181 Å². The van der Waals surface area contributed by atoms with Gasteiger partial charge in [0.25, 0.3) is 0 Å². The zero-order chi connectivity index (χ0) is 20.2. The van der Waals surface area contributed by atoms with Gasteiger partial charge >= 0.3 is 0 Å². The third kappa shape index (κ3) is 4.70. The molecule has 2 aromatic heterocycles. The van der Waals surface area contributed by atoms with Crippen LogP contribution in [0.5, 0.6) is 0 Å². The highest BCUT2D eigenvalue weighted by Gasteiger charge is 2.31. The summed E-state index contributed by atoms with van der Waals surface area (Å²) in [5, 5.41) is 11.7. The lowest BCUT2D eigenvalue weighted by atomic mass is 10.00. The molecule has 158 valence electrons. The number of carbonyl (C=O) groups excluding carboxylic acids is 1. The second-order valence-corrected chi connectivity index (χ2v) is 10.1. The van der Waals surface area contributed by atoms with Crippen molar-refractivity contribution in [2.24, 2.45) is 0 Å². The van der Waals surface area contributed by atoms with Gasteiger partial charge in [-0.15, -0.1) is 21.5 Å². The third-order valence-electron chi connectivity index (χ3n) is 5.88. The van der Waals surface area contributed by atoms with Crippen LogP contribution in [0.1, 0.15) is 52.4 Å². The number of likely N-dealkylation sites (tertiary alicyclic amines) is 1. The molecule has 0 bridgehead atoms. The average Bonchev–Trinajstić information content (AvgIpc) is 3.50. The van der Waals surface area contributed by atoms with E-state index in [1.807, 2.05) is 13.0 Å². The van der Waals surface area contributed by atoms with Crippen molar-refractivity contribution in [1.29, 1.82) is 0 Å². The maximum atomic E-state index is 13.2. The van der Waals surface area contributed by atoms with E-state index in [4.69, 9.17) is 4.74 Å². The molecule has 3 atom stereocenters. The molecular weight excluding hydrogens is 404 g/mol. The van der Waals surface area contributed by atoms with E-state index in [0.717, 1.165) is 67.7 Å². The predicted octanol–water partition coefficient (Wildman–Crippen LogP) is 4.46. The van der Waals surface area contributed by atoms with Crippen LogP contribution in [0.4, 0.5) is 0 Å². The lowest BCUT2D eigenvalue weighted by Gasteiger charge is -2.36. The lowest BCUT2D eigenvalue weighted by Crippen LogP contribution is -2.46. The van der Waals surface area contributed by atoms with Gasteiger partial charge in [0, 0.05) is 19.2 Å². The number of thiophene rings is 1. The highest BCUT2D eigenvalue weighted by atomic mass is 32.2. The Morgan fingerprint density at radius 2 is 2.24 bits per heavy atom. The predicted molar refractivity (Wildman–Crippen MR) is 117 cm³/mol. The van der Waals surface area contributed by atoms with E-state index in [2.05, 4.69) is 38.0 Å². The normalized spacial score (nSPS) is 23.4. The Balaban J connectivity index is 1.53. The molecule has 0 aromatic carbocycles. The van der Waals surface area contributed by atoms with Gasteiger partial charge in [0.2, 0.25) is 5.91 Å². The van der Waals surface area contributed by atoms with Crippen LogP contribution in [-0.4, -0.2) is 56.1 Å². The molecule has 2 saturated heterocycles. The summed E-state index contributed by atoms with van der Waals surface area (Å²) in [5.41, 5.74) is 0. The largest absolute Gasteiger partial charge is 0.376 e. The van der Waals surface area contributed by atoms with Crippen molar-refractivity contribution in [2.75, 3.05) is 13.2 Å². The van der Waals surface area contributed by atoms with Crippen LogP contribution in [-0.2, 0) is 16.1 Å². The van der Waals surface area contributed by atoms with Gasteiger partial charge in [0.05, 0.1) is 22.8 Å². The van der Waals surface area contributed by atoms with E-state index in [1.165, 1.54) is 18.2 Å². The smallest absolute Gasteiger partial charge is 0.236 e. The van der Waals surface area contributed by atoms with Gasteiger partial charge in [-0.3, -0.25) is 9.36 Å². The summed E-state index contributed by atoms with van der Waals surface area (Å²) < 4.78 is 8.03. The van der Waals surface area contributed by atoms with E-state index in [-0.39, 0.29) is 17.3 Å². The Morgan fingerprint density at radius 1 is 1.34 bits per heavy atom. The third-order valence-corrected chi connectivity index (χ3v) is 7.81. The summed E-state index contributed by atoms with van der Waals surface area (Å²) in [5.74, 6) is 1.10. The van der Waals surface area contributed by atoms with E-state index < -0.39 is 0 Å². The molecule has 4 heterocycles. The first kappa shape index (κ1) is 20.9. The zero-order valence-corrected chi connectivity index (χ0v) is 18.9. The number of hydrogen-bond acceptors (Lipinski definition) is 6. The Bertz CT molecular complexity index is 802. The second kappa shape index (κ2) is 9.62. The molecule has 0 radical (unpaired) electrons. The van der Waals surface area contributed by atoms with Crippen molar-refractivity contribution in [3.05, 3.63) is 17.5 Å². The van der Waals surface area contributed by atoms with Crippen LogP contribution in [0, 0.1) is 0 Å². The number of aromatic nitrogens is 3. The summed E-state index contributed by atoms with van der Waals surface area (Å²) in [7, 11) is 0. The van der Waals surface area contributed by atoms with Gasteiger partial charge in [-0.2, -0.15) is 0 Å². The number of hydrogen-bond donors (Lipinski definition) is 0. The number of piperidine rings is 1. The molecule has 3 unspecified atom stereocenters. The quantitative estimate of drug-likeness (QED) is 0.602. The fraction of sp³-hybridized carbons (Fsp3) is 0.667. The standard InChI is InChI=1S/C21H30N4O2S2/c1-3-16-8-4-5-11-24(16)20(26)15(2)29-21-23-22-19(18-10-7-13-28-18)25(21)14-17-9-6-12-27-17/h7,10,13,15-17H,3-6,8-9,11-12,14H2,1-2H3. The van der Waals surface area contributed by atoms with Crippen LogP contribution in [0.3, 0.4) is 0 Å². The monoisotopic (exact) mass is 434 g/mol. The minimum absolute atomic E-state index is 0.175. The van der Waals surface area contributed by atoms with E-state index in [0.29, 0.717) is 6.04 Å². The summed E-state index contributed by atoms with van der Waals surface area (Å²) >= 11 is 3.20. The molecule has 1 amide bonds. The van der Waals surface area contributed by atoms with Gasteiger partial charge in [-0.25, -0.2) is 0 Å². The van der Waals surface area contributed by atoms with Gasteiger partial charge in [-0.1, -0.05) is 24.8 Å². The number of nitrogens with zero attached hydrogens (tertiary/aromatic N) is 4. The fourth-order valence-electron chi connectivity index (χ4n) is 4.28. The van der Waals surface area contributed by atoms with Gasteiger partial charge in [0.15, 0.2) is 11.0 Å². The maximum absolute atomic E-state index is 13.2. The van der Waals surface area contributed by atoms with Crippen molar-refractivity contribution in [3.8, 4) is 10.7 Å². The molecule has 4 rings (SSSR count). The summed E-state index contributed by atoms with van der Waals surface area (Å²) in [6.45, 7) is 6.63. The van der Waals surface area contributed by atoms with E-state index in [1.54, 1.807) is 11.3 Å². The highest BCUT2D eigenvalue weighted by molar-refractivity contribution is 8.00.